The van der Waals surface area contributed by atoms with E-state index in [2.05, 4.69) is 4.98 Å². The van der Waals surface area contributed by atoms with E-state index < -0.39 is 0 Å². The molecule has 114 valence electrons. The molecule has 2 aliphatic rings. The number of amides is 1. The van der Waals surface area contributed by atoms with E-state index >= 15 is 0 Å². The normalized spacial score (nSPS) is 19.5. The highest BCUT2D eigenvalue weighted by atomic mass is 35.5. The van der Waals surface area contributed by atoms with Gasteiger partial charge < -0.3 is 4.90 Å². The maximum absolute atomic E-state index is 12.7. The van der Waals surface area contributed by atoms with Crippen LogP contribution in [0.25, 0.3) is 0 Å². The number of aromatic nitrogens is 1. The van der Waals surface area contributed by atoms with Gasteiger partial charge in [-0.1, -0.05) is 42.5 Å². The second kappa shape index (κ2) is 6.53. The number of hydrogen-bond acceptors (Lipinski definition) is 2. The molecule has 0 atom stereocenters. The minimum atomic E-state index is 0.0501. The van der Waals surface area contributed by atoms with Crippen LogP contribution in [0.5, 0.6) is 0 Å². The van der Waals surface area contributed by atoms with Crippen LogP contribution in [0.15, 0.2) is 12.3 Å². The molecular formula is C16H20Cl2N2O. The van der Waals surface area contributed by atoms with Gasteiger partial charge in [0.1, 0.15) is 5.15 Å². The van der Waals surface area contributed by atoms with Crippen molar-refractivity contribution in [3.05, 3.63) is 28.0 Å². The van der Waals surface area contributed by atoms with Crippen molar-refractivity contribution in [2.75, 3.05) is 6.54 Å². The average molecular weight is 327 g/mol. The van der Waals surface area contributed by atoms with Crippen LogP contribution >= 0.6 is 23.2 Å². The van der Waals surface area contributed by atoms with E-state index in [9.17, 15) is 4.79 Å². The molecule has 0 radical (unpaired) electrons. The third kappa shape index (κ3) is 3.70. The Hall–Kier alpha value is -0.800. The number of carbonyl (C=O) groups is 1. The zero-order chi connectivity index (χ0) is 14.8. The first-order chi connectivity index (χ1) is 10.1. The fraction of sp³-hybridized carbons (Fsp3) is 0.625. The third-order valence-corrected chi connectivity index (χ3v) is 5.16. The largest absolute Gasteiger partial charge is 0.335 e. The second-order valence-electron chi connectivity index (χ2n) is 6.19. The van der Waals surface area contributed by atoms with Crippen molar-refractivity contribution in [2.24, 2.45) is 5.92 Å². The highest BCUT2D eigenvalue weighted by Crippen LogP contribution is 2.33. The number of nitrogens with zero attached hydrogens (tertiary/aromatic N) is 2. The lowest BCUT2D eigenvalue weighted by Crippen LogP contribution is -2.37. The van der Waals surface area contributed by atoms with Crippen LogP contribution in [0.4, 0.5) is 0 Å². The predicted molar refractivity (Wildman–Crippen MR) is 84.9 cm³/mol. The fourth-order valence-corrected chi connectivity index (χ4v) is 3.41. The Morgan fingerprint density at radius 3 is 2.52 bits per heavy atom. The summed E-state index contributed by atoms with van der Waals surface area (Å²) >= 11 is 11.8. The quantitative estimate of drug-likeness (QED) is 0.759. The number of pyridine rings is 1. The van der Waals surface area contributed by atoms with Crippen LogP contribution in [-0.4, -0.2) is 28.4 Å². The van der Waals surface area contributed by atoms with Gasteiger partial charge in [-0.2, -0.15) is 0 Å². The maximum Gasteiger partial charge on any atom is 0.255 e. The number of carbonyl (C=O) groups excluding carboxylic acids is 1. The molecule has 21 heavy (non-hydrogen) atoms. The van der Waals surface area contributed by atoms with Crippen LogP contribution < -0.4 is 0 Å². The first-order valence-corrected chi connectivity index (χ1v) is 8.53. The molecule has 0 unspecified atom stereocenters. The molecule has 2 saturated carbocycles. The van der Waals surface area contributed by atoms with Gasteiger partial charge in [-0.3, -0.25) is 4.79 Å². The Balaban J connectivity index is 1.73. The molecule has 2 aliphatic carbocycles. The summed E-state index contributed by atoms with van der Waals surface area (Å²) in [6.45, 7) is 0.879. The monoisotopic (exact) mass is 326 g/mol. The summed E-state index contributed by atoms with van der Waals surface area (Å²) in [5.41, 5.74) is 0.548. The van der Waals surface area contributed by atoms with Gasteiger partial charge in [-0.05, 0) is 37.7 Å². The molecule has 1 amide bonds. The Morgan fingerprint density at radius 1 is 1.19 bits per heavy atom. The van der Waals surface area contributed by atoms with Gasteiger partial charge in [0, 0.05) is 18.8 Å². The average Bonchev–Trinajstić information content (AvgIpc) is 3.33. The molecule has 0 saturated heterocycles. The van der Waals surface area contributed by atoms with E-state index in [1.54, 1.807) is 6.07 Å². The second-order valence-corrected chi connectivity index (χ2v) is 6.95. The Labute approximate surface area is 135 Å². The molecular weight excluding hydrogens is 307 g/mol. The van der Waals surface area contributed by atoms with Crippen molar-refractivity contribution in [3.63, 3.8) is 0 Å². The molecule has 1 aromatic rings. The van der Waals surface area contributed by atoms with E-state index in [-0.39, 0.29) is 11.1 Å². The number of rotatable bonds is 4. The van der Waals surface area contributed by atoms with Crippen molar-refractivity contribution < 1.29 is 4.79 Å². The van der Waals surface area contributed by atoms with Crippen molar-refractivity contribution in [2.45, 2.75) is 51.0 Å². The molecule has 0 N–H and O–H groups in total. The zero-order valence-electron chi connectivity index (χ0n) is 12.0. The first kappa shape index (κ1) is 15.1. The van der Waals surface area contributed by atoms with Crippen molar-refractivity contribution in [1.82, 2.24) is 9.88 Å². The molecule has 5 heteroatoms. The molecule has 0 spiro atoms. The zero-order valence-corrected chi connectivity index (χ0v) is 13.5. The Kier molecular flexibility index (Phi) is 4.70. The molecule has 0 aliphatic heterocycles. The number of hydrogen-bond donors (Lipinski definition) is 0. The van der Waals surface area contributed by atoms with E-state index in [1.165, 1.54) is 38.3 Å². The third-order valence-electron chi connectivity index (χ3n) is 4.47. The van der Waals surface area contributed by atoms with Gasteiger partial charge in [0.2, 0.25) is 0 Å². The summed E-state index contributed by atoms with van der Waals surface area (Å²) in [5.74, 6) is 0.702. The fourth-order valence-electron chi connectivity index (χ4n) is 3.14. The van der Waals surface area contributed by atoms with Gasteiger partial charge in [-0.15, -0.1) is 0 Å². The minimum absolute atomic E-state index is 0.0501. The molecule has 0 bridgehead atoms. The van der Waals surface area contributed by atoms with E-state index in [1.807, 2.05) is 4.90 Å². The highest BCUT2D eigenvalue weighted by molar-refractivity contribution is 6.41. The first-order valence-electron chi connectivity index (χ1n) is 7.77. The van der Waals surface area contributed by atoms with Gasteiger partial charge in [0.05, 0.1) is 10.6 Å². The lowest BCUT2D eigenvalue weighted by atomic mass is 9.89. The van der Waals surface area contributed by atoms with Gasteiger partial charge in [0.25, 0.3) is 5.91 Å². The predicted octanol–water partition coefficient (Wildman–Crippen LogP) is 4.57. The van der Waals surface area contributed by atoms with Crippen molar-refractivity contribution in [1.29, 1.82) is 0 Å². The summed E-state index contributed by atoms with van der Waals surface area (Å²) < 4.78 is 0. The number of halogens is 2. The lowest BCUT2D eigenvalue weighted by Gasteiger charge is -2.30. The summed E-state index contributed by atoms with van der Waals surface area (Å²) in [6, 6.07) is 2.05. The van der Waals surface area contributed by atoms with Crippen molar-refractivity contribution >= 4 is 29.1 Å². The van der Waals surface area contributed by atoms with Crippen LogP contribution in [0.1, 0.15) is 55.3 Å². The summed E-state index contributed by atoms with van der Waals surface area (Å²) in [7, 11) is 0. The highest BCUT2D eigenvalue weighted by Gasteiger charge is 2.34. The standard InChI is InChI=1S/C16H20Cl2N2O/c17-14-8-12(9-19-15(14)18)16(21)20(13-6-7-13)10-11-4-2-1-3-5-11/h8-9,11,13H,1-7,10H2. The smallest absolute Gasteiger partial charge is 0.255 e. The molecule has 3 rings (SSSR count). The van der Waals surface area contributed by atoms with Crippen LogP contribution in [0.3, 0.4) is 0 Å². The van der Waals surface area contributed by atoms with Gasteiger partial charge in [0.15, 0.2) is 0 Å². The van der Waals surface area contributed by atoms with E-state index in [0.29, 0.717) is 22.5 Å². The van der Waals surface area contributed by atoms with Crippen LogP contribution in [0.2, 0.25) is 10.2 Å². The van der Waals surface area contributed by atoms with E-state index in [4.69, 9.17) is 23.2 Å². The molecule has 0 aromatic carbocycles. The molecule has 1 aromatic heterocycles. The van der Waals surface area contributed by atoms with Gasteiger partial charge >= 0.3 is 0 Å². The minimum Gasteiger partial charge on any atom is -0.335 e. The molecule has 1 heterocycles. The maximum atomic E-state index is 12.7. The molecule has 3 nitrogen and oxygen atoms in total. The Bertz CT molecular complexity index is 525. The molecule has 2 fully saturated rings. The van der Waals surface area contributed by atoms with Gasteiger partial charge in [-0.25, -0.2) is 4.98 Å². The summed E-state index contributed by atoms with van der Waals surface area (Å²) in [5, 5.41) is 0.592. The van der Waals surface area contributed by atoms with Crippen LogP contribution in [-0.2, 0) is 0 Å². The van der Waals surface area contributed by atoms with E-state index in [0.717, 1.165) is 19.4 Å². The summed E-state index contributed by atoms with van der Waals surface area (Å²) in [6.07, 6.45) is 10.2. The van der Waals surface area contributed by atoms with Crippen molar-refractivity contribution in [3.8, 4) is 0 Å². The SMILES string of the molecule is O=C(c1cnc(Cl)c(Cl)c1)N(CC1CCCCC1)C1CC1. The Morgan fingerprint density at radius 2 is 1.90 bits per heavy atom. The lowest BCUT2D eigenvalue weighted by molar-refractivity contribution is 0.0698. The topological polar surface area (TPSA) is 33.2 Å². The van der Waals surface area contributed by atoms with Crippen LogP contribution in [0, 0.1) is 5.92 Å². The summed E-state index contributed by atoms with van der Waals surface area (Å²) in [4.78, 5) is 18.8.